The number of ether oxygens (including phenoxy) is 1. The number of aliphatic hydroxyl groups excluding tert-OH is 1. The van der Waals surface area contributed by atoms with E-state index in [0.29, 0.717) is 13.2 Å². The lowest BCUT2D eigenvalue weighted by Crippen LogP contribution is -2.38. The molecule has 0 fully saturated rings. The Balaban J connectivity index is 1.07. The van der Waals surface area contributed by atoms with Crippen LogP contribution >= 0.6 is 11.3 Å². The van der Waals surface area contributed by atoms with Gasteiger partial charge in [0.2, 0.25) is 0 Å². The number of thiophene rings is 1. The molecule has 4 nitrogen and oxygen atoms in total. The van der Waals surface area contributed by atoms with Gasteiger partial charge in [0.15, 0.2) is 0 Å². The number of benzene rings is 2. The van der Waals surface area contributed by atoms with Crippen molar-refractivity contribution in [2.24, 2.45) is 0 Å². The Morgan fingerprint density at radius 1 is 0.871 bits per heavy atom. The minimum absolute atomic E-state index is 0.324. The van der Waals surface area contributed by atoms with Crippen molar-refractivity contribution in [3.8, 4) is 5.75 Å². The maximum atomic E-state index is 10.5. The van der Waals surface area contributed by atoms with Gasteiger partial charge in [0, 0.05) is 44.1 Å². The fourth-order valence-electron chi connectivity index (χ4n) is 4.64. The van der Waals surface area contributed by atoms with E-state index >= 15 is 0 Å². The number of aliphatic hydroxyl groups is 1. The average molecular weight is 435 g/mol. The minimum atomic E-state index is -0.488. The molecule has 1 unspecified atom stereocenters. The van der Waals surface area contributed by atoms with Gasteiger partial charge in [-0.2, -0.15) is 0 Å². The molecule has 0 saturated heterocycles. The summed E-state index contributed by atoms with van der Waals surface area (Å²) in [5.74, 6) is 0.825. The first kappa shape index (κ1) is 20.7. The molecule has 0 radical (unpaired) electrons. The first-order valence-corrected chi connectivity index (χ1v) is 12.1. The molecule has 5 heteroatoms. The lowest BCUT2D eigenvalue weighted by atomic mass is 10.00. The van der Waals surface area contributed by atoms with Gasteiger partial charge < -0.3 is 9.84 Å². The monoisotopic (exact) mass is 434 g/mol. The first-order chi connectivity index (χ1) is 15.2. The van der Waals surface area contributed by atoms with Crippen molar-refractivity contribution >= 4 is 11.3 Å². The Morgan fingerprint density at radius 3 is 2.52 bits per heavy atom. The molecular formula is C26H30N2O2S. The van der Waals surface area contributed by atoms with Crippen LogP contribution in [0.4, 0.5) is 0 Å². The third-order valence-corrected chi connectivity index (χ3v) is 7.36. The Labute approximate surface area is 188 Å². The predicted molar refractivity (Wildman–Crippen MR) is 126 cm³/mol. The molecule has 31 heavy (non-hydrogen) atoms. The van der Waals surface area contributed by atoms with Crippen LogP contribution in [-0.4, -0.2) is 47.3 Å². The Morgan fingerprint density at radius 2 is 1.65 bits per heavy atom. The van der Waals surface area contributed by atoms with Crippen LogP contribution in [-0.2, 0) is 32.5 Å². The molecule has 0 saturated carbocycles. The Hall–Kier alpha value is -2.18. The summed E-state index contributed by atoms with van der Waals surface area (Å²) in [6.07, 6.45) is 1.73. The summed E-state index contributed by atoms with van der Waals surface area (Å²) in [5.41, 5.74) is 5.60. The molecule has 5 rings (SSSR count). The standard InChI is InChI=1S/C26H30N2O2S/c29-24(18-28-12-9-21-3-1-2-4-22(21)16-28)19-30-25-7-5-20(6-8-25)15-27-13-10-26-23(17-27)11-14-31-26/h1-8,11,14,24,29H,9-10,12-13,15-19H2. The fourth-order valence-corrected chi connectivity index (χ4v) is 5.53. The van der Waals surface area contributed by atoms with E-state index in [4.69, 9.17) is 4.74 Å². The van der Waals surface area contributed by atoms with E-state index in [1.54, 1.807) is 4.88 Å². The van der Waals surface area contributed by atoms with Crippen molar-refractivity contribution in [2.45, 2.75) is 38.6 Å². The predicted octanol–water partition coefficient (Wildman–Crippen LogP) is 4.10. The van der Waals surface area contributed by atoms with E-state index in [9.17, 15) is 5.11 Å². The summed E-state index contributed by atoms with van der Waals surface area (Å²) in [6.45, 7) is 6.01. The van der Waals surface area contributed by atoms with Gasteiger partial charge in [0.25, 0.3) is 0 Å². The molecule has 1 aromatic heterocycles. The molecule has 0 aliphatic carbocycles. The molecule has 0 spiro atoms. The number of hydrogen-bond donors (Lipinski definition) is 1. The van der Waals surface area contributed by atoms with Crippen LogP contribution < -0.4 is 4.74 Å². The highest BCUT2D eigenvalue weighted by atomic mass is 32.1. The summed E-state index contributed by atoms with van der Waals surface area (Å²) in [4.78, 5) is 6.37. The van der Waals surface area contributed by atoms with Gasteiger partial charge in [-0.05, 0) is 58.7 Å². The minimum Gasteiger partial charge on any atom is -0.491 e. The van der Waals surface area contributed by atoms with E-state index in [0.717, 1.165) is 51.3 Å². The highest BCUT2D eigenvalue weighted by Crippen LogP contribution is 2.25. The van der Waals surface area contributed by atoms with Crippen LogP contribution in [0.5, 0.6) is 5.75 Å². The van der Waals surface area contributed by atoms with Gasteiger partial charge in [0.1, 0.15) is 18.5 Å². The highest BCUT2D eigenvalue weighted by Gasteiger charge is 2.19. The number of nitrogens with zero attached hydrogens (tertiary/aromatic N) is 2. The normalized spacial score (nSPS) is 17.7. The molecule has 0 bridgehead atoms. The van der Waals surface area contributed by atoms with Crippen molar-refractivity contribution in [1.29, 1.82) is 0 Å². The second-order valence-electron chi connectivity index (χ2n) is 8.69. The average Bonchev–Trinajstić information content (AvgIpc) is 3.26. The molecule has 3 heterocycles. The Kier molecular flexibility index (Phi) is 6.37. The molecule has 0 amide bonds. The van der Waals surface area contributed by atoms with Crippen molar-refractivity contribution in [3.05, 3.63) is 87.1 Å². The summed E-state index contributed by atoms with van der Waals surface area (Å²) in [5, 5.41) is 12.7. The lowest BCUT2D eigenvalue weighted by Gasteiger charge is -2.30. The van der Waals surface area contributed by atoms with E-state index in [1.165, 1.54) is 22.3 Å². The smallest absolute Gasteiger partial charge is 0.119 e. The highest BCUT2D eigenvalue weighted by molar-refractivity contribution is 7.10. The van der Waals surface area contributed by atoms with Gasteiger partial charge in [-0.1, -0.05) is 36.4 Å². The number of rotatable bonds is 7. The molecule has 2 aliphatic rings. The van der Waals surface area contributed by atoms with Gasteiger partial charge in [-0.15, -0.1) is 11.3 Å². The zero-order valence-electron chi connectivity index (χ0n) is 17.9. The largest absolute Gasteiger partial charge is 0.491 e. The Bertz CT molecular complexity index is 1000. The first-order valence-electron chi connectivity index (χ1n) is 11.2. The maximum Gasteiger partial charge on any atom is 0.119 e. The van der Waals surface area contributed by atoms with E-state index < -0.39 is 6.10 Å². The second kappa shape index (κ2) is 9.53. The maximum absolute atomic E-state index is 10.5. The van der Waals surface area contributed by atoms with Crippen molar-refractivity contribution in [1.82, 2.24) is 9.80 Å². The third kappa shape index (κ3) is 5.18. The molecule has 1 atom stereocenters. The molecule has 2 aromatic carbocycles. The van der Waals surface area contributed by atoms with Crippen LogP contribution in [0.3, 0.4) is 0 Å². The van der Waals surface area contributed by atoms with E-state index in [1.807, 2.05) is 23.5 Å². The molecule has 162 valence electrons. The molecule has 1 N–H and O–H groups in total. The molecule has 2 aliphatic heterocycles. The van der Waals surface area contributed by atoms with E-state index in [2.05, 4.69) is 57.6 Å². The number of hydrogen-bond acceptors (Lipinski definition) is 5. The van der Waals surface area contributed by atoms with Crippen molar-refractivity contribution in [2.75, 3.05) is 26.2 Å². The zero-order chi connectivity index (χ0) is 21.0. The fraction of sp³-hybridized carbons (Fsp3) is 0.385. The van der Waals surface area contributed by atoms with E-state index in [-0.39, 0.29) is 0 Å². The van der Waals surface area contributed by atoms with Crippen LogP contribution in [0, 0.1) is 0 Å². The van der Waals surface area contributed by atoms with Gasteiger partial charge in [0.05, 0.1) is 0 Å². The number of fused-ring (bicyclic) bond motifs is 2. The lowest BCUT2D eigenvalue weighted by molar-refractivity contribution is 0.0638. The molecular weight excluding hydrogens is 404 g/mol. The third-order valence-electron chi connectivity index (χ3n) is 6.34. The zero-order valence-corrected chi connectivity index (χ0v) is 18.7. The summed E-state index contributed by atoms with van der Waals surface area (Å²) >= 11 is 1.88. The van der Waals surface area contributed by atoms with Crippen LogP contribution in [0.25, 0.3) is 0 Å². The summed E-state index contributed by atoms with van der Waals surface area (Å²) < 4.78 is 5.87. The van der Waals surface area contributed by atoms with Crippen molar-refractivity contribution < 1.29 is 9.84 Å². The SMILES string of the molecule is OC(COc1ccc(CN2CCc3sccc3C2)cc1)CN1CCc2ccccc2C1. The topological polar surface area (TPSA) is 35.9 Å². The van der Waals surface area contributed by atoms with Gasteiger partial charge in [-0.3, -0.25) is 9.80 Å². The summed E-state index contributed by atoms with van der Waals surface area (Å²) in [7, 11) is 0. The quantitative estimate of drug-likeness (QED) is 0.607. The van der Waals surface area contributed by atoms with Gasteiger partial charge in [-0.25, -0.2) is 0 Å². The number of β-amino-alcohol motifs (C(OH)–C–C–N with tert-alkyl or cyclic N) is 1. The summed E-state index contributed by atoms with van der Waals surface area (Å²) in [6, 6.07) is 19.2. The van der Waals surface area contributed by atoms with Crippen LogP contribution in [0.2, 0.25) is 0 Å². The second-order valence-corrected chi connectivity index (χ2v) is 9.69. The van der Waals surface area contributed by atoms with Gasteiger partial charge >= 0.3 is 0 Å². The van der Waals surface area contributed by atoms with Crippen LogP contribution in [0.15, 0.2) is 60.0 Å². The van der Waals surface area contributed by atoms with Crippen LogP contribution in [0.1, 0.15) is 27.1 Å². The molecule has 3 aromatic rings. The van der Waals surface area contributed by atoms with Crippen molar-refractivity contribution in [3.63, 3.8) is 0 Å².